The Morgan fingerprint density at radius 1 is 1.12 bits per heavy atom. The summed E-state index contributed by atoms with van der Waals surface area (Å²) >= 11 is 1.42. The molecule has 0 spiro atoms. The van der Waals surface area contributed by atoms with Crippen molar-refractivity contribution in [2.24, 2.45) is 0 Å². The van der Waals surface area contributed by atoms with Gasteiger partial charge in [-0.15, -0.1) is 11.8 Å². The summed E-state index contributed by atoms with van der Waals surface area (Å²) < 4.78 is 5.29. The van der Waals surface area contributed by atoms with Crippen LogP contribution in [0.1, 0.15) is 18.1 Å². The number of hydrogen-bond acceptors (Lipinski definition) is 4. The number of esters is 1. The fraction of sp³-hybridized carbons (Fsp3) is 0.300. The highest BCUT2D eigenvalue weighted by Crippen LogP contribution is 2.23. The number of amides is 1. The molecule has 0 aromatic heterocycles. The maximum Gasteiger partial charge on any atom is 0.317 e. The molecule has 0 radical (unpaired) electrons. The third-order valence-electron chi connectivity index (χ3n) is 3.81. The minimum absolute atomic E-state index is 0.177. The van der Waals surface area contributed by atoms with Crippen molar-refractivity contribution < 1.29 is 14.3 Å². The Labute approximate surface area is 153 Å². The average Bonchev–Trinajstić information content (AvgIpc) is 2.60. The number of likely N-dealkylation sites (N-methyl/N-ethyl adjacent to an activating group) is 1. The van der Waals surface area contributed by atoms with E-state index in [2.05, 4.69) is 6.07 Å². The zero-order chi connectivity index (χ0) is 18.4. The second kappa shape index (κ2) is 8.72. The van der Waals surface area contributed by atoms with Gasteiger partial charge in [-0.1, -0.05) is 35.9 Å². The largest absolute Gasteiger partial charge is 0.452 e. The lowest BCUT2D eigenvalue weighted by Gasteiger charge is -2.21. The molecule has 25 heavy (non-hydrogen) atoms. The molecule has 2 aromatic rings. The number of para-hydroxylation sites is 1. The maximum absolute atomic E-state index is 12.4. The molecule has 5 heteroatoms. The zero-order valence-corrected chi connectivity index (χ0v) is 15.8. The molecule has 4 nitrogen and oxygen atoms in total. The average molecular weight is 357 g/mol. The van der Waals surface area contributed by atoms with Gasteiger partial charge in [0.1, 0.15) is 0 Å². The highest BCUT2D eigenvalue weighted by Gasteiger charge is 2.22. The van der Waals surface area contributed by atoms with Crippen LogP contribution in [0.25, 0.3) is 0 Å². The van der Waals surface area contributed by atoms with E-state index in [4.69, 9.17) is 4.74 Å². The van der Waals surface area contributed by atoms with Crippen molar-refractivity contribution in [1.29, 1.82) is 0 Å². The Balaban J connectivity index is 1.88. The molecular weight excluding hydrogens is 334 g/mol. The summed E-state index contributed by atoms with van der Waals surface area (Å²) in [5.74, 6) is -0.473. The Morgan fingerprint density at radius 2 is 1.80 bits per heavy atom. The minimum Gasteiger partial charge on any atom is -0.452 e. The lowest BCUT2D eigenvalue weighted by atomic mass is 10.2. The molecule has 132 valence electrons. The fourth-order valence-corrected chi connectivity index (χ4v) is 3.22. The van der Waals surface area contributed by atoms with E-state index in [1.54, 1.807) is 14.0 Å². The third kappa shape index (κ3) is 5.36. The van der Waals surface area contributed by atoms with Crippen LogP contribution in [0.2, 0.25) is 0 Å². The van der Waals surface area contributed by atoms with Crippen molar-refractivity contribution in [3.8, 4) is 0 Å². The van der Waals surface area contributed by atoms with E-state index in [0.29, 0.717) is 0 Å². The maximum atomic E-state index is 12.4. The van der Waals surface area contributed by atoms with Crippen LogP contribution in [-0.4, -0.2) is 30.8 Å². The fourth-order valence-electron chi connectivity index (χ4n) is 2.43. The molecule has 2 rings (SSSR count). The molecule has 0 aliphatic carbocycles. The molecule has 0 fully saturated rings. The van der Waals surface area contributed by atoms with Gasteiger partial charge in [0.05, 0.1) is 5.75 Å². The van der Waals surface area contributed by atoms with Crippen LogP contribution >= 0.6 is 11.8 Å². The highest BCUT2D eigenvalue weighted by molar-refractivity contribution is 8.00. The molecule has 0 saturated carbocycles. The zero-order valence-electron chi connectivity index (χ0n) is 15.0. The second-order valence-corrected chi connectivity index (χ2v) is 6.94. The molecule has 0 aliphatic rings. The minimum atomic E-state index is -0.822. The van der Waals surface area contributed by atoms with Gasteiger partial charge in [-0.2, -0.15) is 0 Å². The number of carbonyl (C=O) groups is 2. The highest BCUT2D eigenvalue weighted by atomic mass is 32.2. The number of hydrogen-bond donors (Lipinski definition) is 0. The van der Waals surface area contributed by atoms with E-state index >= 15 is 0 Å². The second-order valence-electron chi connectivity index (χ2n) is 5.92. The molecule has 0 aliphatic heterocycles. The van der Waals surface area contributed by atoms with Crippen molar-refractivity contribution in [3.05, 3.63) is 59.7 Å². The van der Waals surface area contributed by atoms with Crippen LogP contribution in [0.3, 0.4) is 0 Å². The summed E-state index contributed by atoms with van der Waals surface area (Å²) in [6, 6.07) is 15.4. The summed E-state index contributed by atoms with van der Waals surface area (Å²) in [4.78, 5) is 27.0. The van der Waals surface area contributed by atoms with E-state index in [-0.39, 0.29) is 11.7 Å². The number of rotatable bonds is 6. The van der Waals surface area contributed by atoms with Gasteiger partial charge in [0.15, 0.2) is 6.10 Å². The van der Waals surface area contributed by atoms with Crippen LogP contribution < -0.4 is 4.90 Å². The van der Waals surface area contributed by atoms with Gasteiger partial charge in [-0.3, -0.25) is 9.59 Å². The predicted octanol–water partition coefficient (Wildman–Crippen LogP) is 3.99. The van der Waals surface area contributed by atoms with Crippen molar-refractivity contribution in [1.82, 2.24) is 0 Å². The first-order chi connectivity index (χ1) is 11.9. The number of benzene rings is 2. The first-order valence-electron chi connectivity index (χ1n) is 8.10. The first-order valence-corrected chi connectivity index (χ1v) is 9.09. The Hall–Kier alpha value is -2.27. The van der Waals surface area contributed by atoms with Gasteiger partial charge >= 0.3 is 5.97 Å². The SMILES string of the molecule is Cc1ccc(SCC(=O)O[C@@H](C)C(=O)N(C)c2ccccc2)c(C)c1. The summed E-state index contributed by atoms with van der Waals surface area (Å²) in [5.41, 5.74) is 3.08. The molecule has 2 aromatic carbocycles. The van der Waals surface area contributed by atoms with Crippen LogP contribution in [0, 0.1) is 13.8 Å². The molecule has 0 N–H and O–H groups in total. The normalized spacial score (nSPS) is 11.7. The van der Waals surface area contributed by atoms with E-state index in [1.807, 2.05) is 56.3 Å². The van der Waals surface area contributed by atoms with E-state index < -0.39 is 12.1 Å². The van der Waals surface area contributed by atoms with Crippen LogP contribution in [0.4, 0.5) is 5.69 Å². The van der Waals surface area contributed by atoms with Gasteiger partial charge in [0, 0.05) is 17.6 Å². The van der Waals surface area contributed by atoms with Gasteiger partial charge in [-0.05, 0) is 44.5 Å². The van der Waals surface area contributed by atoms with Crippen molar-refractivity contribution in [2.75, 3.05) is 17.7 Å². The molecule has 0 saturated heterocycles. The van der Waals surface area contributed by atoms with Crippen molar-refractivity contribution in [3.63, 3.8) is 0 Å². The monoisotopic (exact) mass is 357 g/mol. The smallest absolute Gasteiger partial charge is 0.317 e. The van der Waals surface area contributed by atoms with Crippen LogP contribution in [-0.2, 0) is 14.3 Å². The number of thioether (sulfide) groups is 1. The molecular formula is C20H23NO3S. The first kappa shape index (κ1) is 19.1. The van der Waals surface area contributed by atoms with Gasteiger partial charge in [0.25, 0.3) is 5.91 Å². The van der Waals surface area contributed by atoms with E-state index in [1.165, 1.54) is 22.2 Å². The number of nitrogens with zero attached hydrogens (tertiary/aromatic N) is 1. The Morgan fingerprint density at radius 3 is 2.44 bits per heavy atom. The van der Waals surface area contributed by atoms with Gasteiger partial charge in [0.2, 0.25) is 0 Å². The lowest BCUT2D eigenvalue weighted by Crippen LogP contribution is -2.37. The summed E-state index contributed by atoms with van der Waals surface area (Å²) in [6.45, 7) is 5.65. The summed E-state index contributed by atoms with van der Waals surface area (Å²) in [6.07, 6.45) is -0.822. The number of carbonyl (C=O) groups excluding carboxylic acids is 2. The van der Waals surface area contributed by atoms with Gasteiger partial charge < -0.3 is 9.64 Å². The van der Waals surface area contributed by atoms with Crippen molar-refractivity contribution in [2.45, 2.75) is 31.8 Å². The standard InChI is InChI=1S/C20H23NO3S/c1-14-10-11-18(15(2)12-14)25-13-19(22)24-16(3)20(23)21(4)17-8-6-5-7-9-17/h5-12,16H,13H2,1-4H3/t16-/m0/s1. The molecule has 0 bridgehead atoms. The van der Waals surface area contributed by atoms with E-state index in [9.17, 15) is 9.59 Å². The Kier molecular flexibility index (Phi) is 6.65. The number of ether oxygens (including phenoxy) is 1. The van der Waals surface area contributed by atoms with Crippen molar-refractivity contribution >= 4 is 29.3 Å². The van der Waals surface area contributed by atoms with Crippen LogP contribution in [0.15, 0.2) is 53.4 Å². The molecule has 1 amide bonds. The Bertz CT molecular complexity index is 746. The third-order valence-corrected chi connectivity index (χ3v) is 4.96. The summed E-state index contributed by atoms with van der Waals surface area (Å²) in [5, 5.41) is 0. The summed E-state index contributed by atoms with van der Waals surface area (Å²) in [7, 11) is 1.67. The molecule has 0 unspecified atom stereocenters. The molecule has 0 heterocycles. The van der Waals surface area contributed by atoms with Crippen LogP contribution in [0.5, 0.6) is 0 Å². The predicted molar refractivity (Wildman–Crippen MR) is 102 cm³/mol. The topological polar surface area (TPSA) is 46.6 Å². The quantitative estimate of drug-likeness (QED) is 0.579. The lowest BCUT2D eigenvalue weighted by molar-refractivity contribution is -0.151. The number of aryl methyl sites for hydroxylation is 2. The number of anilines is 1. The molecule has 1 atom stereocenters. The van der Waals surface area contributed by atoms with Gasteiger partial charge in [-0.25, -0.2) is 0 Å². The van der Waals surface area contributed by atoms with E-state index in [0.717, 1.165) is 16.1 Å².